The van der Waals surface area contributed by atoms with Gasteiger partial charge in [-0.2, -0.15) is 0 Å². The van der Waals surface area contributed by atoms with E-state index >= 15 is 0 Å². The van der Waals surface area contributed by atoms with Gasteiger partial charge in [0, 0.05) is 19.4 Å². The lowest BCUT2D eigenvalue weighted by molar-refractivity contribution is -0.145. The zero-order valence-electron chi connectivity index (χ0n) is 10.1. The molecule has 0 saturated heterocycles. The van der Waals surface area contributed by atoms with Gasteiger partial charge in [0.15, 0.2) is 0 Å². The highest BCUT2D eigenvalue weighted by Gasteiger charge is 2.44. The molecule has 0 bridgehead atoms. The van der Waals surface area contributed by atoms with E-state index in [0.717, 1.165) is 19.3 Å². The Labute approximate surface area is 97.2 Å². The van der Waals surface area contributed by atoms with E-state index in [0.29, 0.717) is 32.1 Å². The number of carbonyl (C=O) groups excluding carboxylic acids is 2. The number of rotatable bonds is 6. The first-order chi connectivity index (χ1) is 7.67. The Kier molecular flexibility index (Phi) is 5.13. The molecule has 92 valence electrons. The van der Waals surface area contributed by atoms with E-state index < -0.39 is 5.41 Å². The third kappa shape index (κ3) is 2.70. The number of Topliss-reactive ketones (excluding diaryl/α,β-unsaturated/α-hetero) is 2. The van der Waals surface area contributed by atoms with Crippen molar-refractivity contribution < 1.29 is 14.7 Å². The van der Waals surface area contributed by atoms with Gasteiger partial charge in [0.1, 0.15) is 11.6 Å². The van der Waals surface area contributed by atoms with Gasteiger partial charge in [0.2, 0.25) is 0 Å². The lowest BCUT2D eigenvalue weighted by Crippen LogP contribution is -2.42. The van der Waals surface area contributed by atoms with Crippen LogP contribution < -0.4 is 0 Å². The molecule has 0 heterocycles. The van der Waals surface area contributed by atoms with E-state index in [1.54, 1.807) is 0 Å². The summed E-state index contributed by atoms with van der Waals surface area (Å²) in [5.74, 6) is 0.284. The molecule has 0 atom stereocenters. The molecule has 1 aliphatic rings. The first-order valence-electron chi connectivity index (χ1n) is 6.35. The molecule has 1 saturated carbocycles. The summed E-state index contributed by atoms with van der Waals surface area (Å²) < 4.78 is 0. The Morgan fingerprint density at radius 3 is 2.25 bits per heavy atom. The van der Waals surface area contributed by atoms with Crippen molar-refractivity contribution in [2.45, 2.75) is 58.3 Å². The van der Waals surface area contributed by atoms with Gasteiger partial charge in [-0.15, -0.1) is 0 Å². The van der Waals surface area contributed by atoms with Crippen LogP contribution >= 0.6 is 0 Å². The predicted octanol–water partition coefficient (Wildman–Crippen LogP) is 2.26. The smallest absolute Gasteiger partial charge is 0.146 e. The first kappa shape index (κ1) is 13.4. The largest absolute Gasteiger partial charge is 0.396 e. The molecule has 1 rings (SSSR count). The van der Waals surface area contributed by atoms with Crippen molar-refractivity contribution in [3.8, 4) is 0 Å². The topological polar surface area (TPSA) is 54.4 Å². The number of hydrogen-bond donors (Lipinski definition) is 1. The summed E-state index contributed by atoms with van der Waals surface area (Å²) in [7, 11) is 0. The molecule has 1 N–H and O–H groups in total. The zero-order chi connectivity index (χ0) is 12.0. The SMILES string of the molecule is CCCC1(CCCCO)C(=O)CCCC1=O. The fourth-order valence-corrected chi connectivity index (χ4v) is 2.69. The van der Waals surface area contributed by atoms with E-state index in [1.807, 2.05) is 6.92 Å². The summed E-state index contributed by atoms with van der Waals surface area (Å²) in [6.07, 6.45) is 5.50. The normalized spacial score (nSPS) is 20.1. The van der Waals surface area contributed by atoms with Gasteiger partial charge in [-0.25, -0.2) is 0 Å². The van der Waals surface area contributed by atoms with Crippen molar-refractivity contribution in [1.82, 2.24) is 0 Å². The van der Waals surface area contributed by atoms with Gasteiger partial charge >= 0.3 is 0 Å². The van der Waals surface area contributed by atoms with E-state index in [9.17, 15) is 9.59 Å². The number of ketones is 2. The summed E-state index contributed by atoms with van der Waals surface area (Å²) in [5.41, 5.74) is -0.692. The van der Waals surface area contributed by atoms with Crippen LogP contribution in [0.1, 0.15) is 58.3 Å². The van der Waals surface area contributed by atoms with E-state index in [4.69, 9.17) is 5.11 Å². The van der Waals surface area contributed by atoms with Crippen molar-refractivity contribution in [3.63, 3.8) is 0 Å². The van der Waals surface area contributed by atoms with Crippen LogP contribution in [0.25, 0.3) is 0 Å². The maximum Gasteiger partial charge on any atom is 0.146 e. The molecule has 0 aliphatic heterocycles. The van der Waals surface area contributed by atoms with Gasteiger partial charge in [0.25, 0.3) is 0 Å². The Morgan fingerprint density at radius 2 is 1.75 bits per heavy atom. The highest BCUT2D eigenvalue weighted by Crippen LogP contribution is 2.39. The molecule has 0 aromatic rings. The van der Waals surface area contributed by atoms with Crippen LogP contribution in [-0.4, -0.2) is 23.3 Å². The minimum atomic E-state index is -0.692. The van der Waals surface area contributed by atoms with E-state index in [-0.39, 0.29) is 18.2 Å². The Hall–Kier alpha value is -0.700. The molecule has 1 aliphatic carbocycles. The molecule has 0 aromatic carbocycles. The van der Waals surface area contributed by atoms with Crippen molar-refractivity contribution in [2.24, 2.45) is 5.41 Å². The molecule has 0 unspecified atom stereocenters. The van der Waals surface area contributed by atoms with Crippen LogP contribution in [0.2, 0.25) is 0 Å². The summed E-state index contributed by atoms with van der Waals surface area (Å²) >= 11 is 0. The maximum atomic E-state index is 12.0. The molecule has 0 radical (unpaired) electrons. The lowest BCUT2D eigenvalue weighted by Gasteiger charge is -2.34. The highest BCUT2D eigenvalue weighted by atomic mass is 16.3. The Bertz CT molecular complexity index is 242. The molecule has 1 fully saturated rings. The van der Waals surface area contributed by atoms with Crippen molar-refractivity contribution in [2.75, 3.05) is 6.61 Å². The average molecular weight is 226 g/mol. The molecule has 16 heavy (non-hydrogen) atoms. The summed E-state index contributed by atoms with van der Waals surface area (Å²) in [5, 5.41) is 8.77. The standard InChI is InChI=1S/C13H22O3/c1-2-8-13(9-3-4-10-14)11(15)6-5-7-12(13)16/h14H,2-10H2,1H3. The van der Waals surface area contributed by atoms with Crippen molar-refractivity contribution >= 4 is 11.6 Å². The number of aliphatic hydroxyl groups excluding tert-OH is 1. The first-order valence-corrected chi connectivity index (χ1v) is 6.35. The lowest BCUT2D eigenvalue weighted by atomic mass is 9.66. The van der Waals surface area contributed by atoms with Crippen LogP contribution in [0.4, 0.5) is 0 Å². The molecule has 0 aromatic heterocycles. The fraction of sp³-hybridized carbons (Fsp3) is 0.846. The average Bonchev–Trinajstić information content (AvgIpc) is 2.26. The second-order valence-corrected chi connectivity index (χ2v) is 4.71. The molecular formula is C13H22O3. The second-order valence-electron chi connectivity index (χ2n) is 4.71. The molecule has 0 spiro atoms. The van der Waals surface area contributed by atoms with Crippen LogP contribution in [0.3, 0.4) is 0 Å². The van der Waals surface area contributed by atoms with Gasteiger partial charge in [-0.1, -0.05) is 13.3 Å². The third-order valence-electron chi connectivity index (χ3n) is 3.56. The fourth-order valence-electron chi connectivity index (χ4n) is 2.69. The molecular weight excluding hydrogens is 204 g/mol. The zero-order valence-corrected chi connectivity index (χ0v) is 10.1. The van der Waals surface area contributed by atoms with Crippen LogP contribution in [0.15, 0.2) is 0 Å². The predicted molar refractivity (Wildman–Crippen MR) is 62.1 cm³/mol. The summed E-state index contributed by atoms with van der Waals surface area (Å²) in [4.78, 5) is 24.1. The van der Waals surface area contributed by atoms with Crippen LogP contribution in [-0.2, 0) is 9.59 Å². The monoisotopic (exact) mass is 226 g/mol. The minimum Gasteiger partial charge on any atom is -0.396 e. The van der Waals surface area contributed by atoms with Crippen molar-refractivity contribution in [3.05, 3.63) is 0 Å². The number of aliphatic hydroxyl groups is 1. The second kappa shape index (κ2) is 6.14. The van der Waals surface area contributed by atoms with Gasteiger partial charge in [-0.05, 0) is 32.1 Å². The number of hydrogen-bond acceptors (Lipinski definition) is 3. The van der Waals surface area contributed by atoms with Gasteiger partial charge in [-0.3, -0.25) is 9.59 Å². The summed E-state index contributed by atoms with van der Waals surface area (Å²) in [6, 6.07) is 0. The van der Waals surface area contributed by atoms with Gasteiger partial charge < -0.3 is 5.11 Å². The molecule has 3 nitrogen and oxygen atoms in total. The van der Waals surface area contributed by atoms with E-state index in [2.05, 4.69) is 0 Å². The van der Waals surface area contributed by atoms with Crippen molar-refractivity contribution in [1.29, 1.82) is 0 Å². The quantitative estimate of drug-likeness (QED) is 0.558. The highest BCUT2D eigenvalue weighted by molar-refractivity contribution is 6.08. The number of carbonyl (C=O) groups is 2. The molecule has 3 heteroatoms. The van der Waals surface area contributed by atoms with E-state index in [1.165, 1.54) is 0 Å². The number of unbranched alkanes of at least 4 members (excludes halogenated alkanes) is 1. The minimum absolute atomic E-state index is 0.142. The van der Waals surface area contributed by atoms with Crippen LogP contribution in [0.5, 0.6) is 0 Å². The third-order valence-corrected chi connectivity index (χ3v) is 3.56. The maximum absolute atomic E-state index is 12.0. The van der Waals surface area contributed by atoms with Crippen LogP contribution in [0, 0.1) is 5.41 Å². The van der Waals surface area contributed by atoms with Gasteiger partial charge in [0.05, 0.1) is 5.41 Å². The Balaban J connectivity index is 2.74. The summed E-state index contributed by atoms with van der Waals surface area (Å²) in [6.45, 7) is 2.16. The molecule has 0 amide bonds. The Morgan fingerprint density at radius 1 is 1.12 bits per heavy atom.